The summed E-state index contributed by atoms with van der Waals surface area (Å²) >= 11 is 0. The summed E-state index contributed by atoms with van der Waals surface area (Å²) in [7, 11) is 0. The van der Waals surface area contributed by atoms with Gasteiger partial charge in [0.05, 0.1) is 17.3 Å². The van der Waals surface area contributed by atoms with Crippen molar-refractivity contribution in [1.82, 2.24) is 5.32 Å². The highest BCUT2D eigenvalue weighted by Crippen LogP contribution is 2.24. The zero-order chi connectivity index (χ0) is 23.1. The number of rotatable bonds is 8. The highest BCUT2D eigenvalue weighted by atomic mass is 16.5. The lowest BCUT2D eigenvalue weighted by atomic mass is 10.1. The first-order valence-electron chi connectivity index (χ1n) is 10.9. The molecule has 0 bridgehead atoms. The Morgan fingerprint density at radius 2 is 1.59 bits per heavy atom. The average Bonchev–Trinajstić information content (AvgIpc) is 2.80. The van der Waals surface area contributed by atoms with E-state index < -0.39 is 6.10 Å². The maximum Gasteiger partial charge on any atom is 0.265 e. The standard InChI is InChI=1S/C27H30N2O3/c1-5-24(32-25-17-11-12-18(2)19(25)3)27(31)29-23-16-10-9-15-22(23)26(30)28-20(4)21-13-7-6-8-14-21/h6-17,20,24H,5H2,1-4H3,(H,28,30)(H,29,31)/t20-,24+/m1/s1. The predicted octanol–water partition coefficient (Wildman–Crippen LogP) is 5.59. The Hall–Kier alpha value is -3.60. The fourth-order valence-corrected chi connectivity index (χ4v) is 3.43. The minimum Gasteiger partial charge on any atom is -0.480 e. The van der Waals surface area contributed by atoms with Crippen molar-refractivity contribution in [2.24, 2.45) is 0 Å². The van der Waals surface area contributed by atoms with Crippen LogP contribution in [0.4, 0.5) is 5.69 Å². The number of amides is 2. The molecule has 2 N–H and O–H groups in total. The van der Waals surface area contributed by atoms with Gasteiger partial charge in [0.25, 0.3) is 11.8 Å². The number of carbonyl (C=O) groups is 2. The predicted molar refractivity (Wildman–Crippen MR) is 128 cm³/mol. The van der Waals surface area contributed by atoms with Crippen molar-refractivity contribution >= 4 is 17.5 Å². The van der Waals surface area contributed by atoms with E-state index in [9.17, 15) is 9.59 Å². The molecule has 0 radical (unpaired) electrons. The van der Waals surface area contributed by atoms with E-state index in [0.29, 0.717) is 23.4 Å². The van der Waals surface area contributed by atoms with Gasteiger partial charge in [-0.15, -0.1) is 0 Å². The average molecular weight is 431 g/mol. The summed E-state index contributed by atoms with van der Waals surface area (Å²) in [5.41, 5.74) is 3.99. The Labute approximate surface area is 189 Å². The third-order valence-electron chi connectivity index (χ3n) is 5.56. The van der Waals surface area contributed by atoms with E-state index in [2.05, 4.69) is 10.6 Å². The van der Waals surface area contributed by atoms with Crippen molar-refractivity contribution in [1.29, 1.82) is 0 Å². The Bertz CT molecular complexity index is 1080. The van der Waals surface area contributed by atoms with Gasteiger partial charge in [0.2, 0.25) is 0 Å². The minimum absolute atomic E-state index is 0.163. The maximum atomic E-state index is 13.0. The molecule has 166 valence electrons. The normalized spacial score (nSPS) is 12.5. The van der Waals surface area contributed by atoms with Crippen LogP contribution in [0.25, 0.3) is 0 Å². The number of carbonyl (C=O) groups excluding carboxylic acids is 2. The third-order valence-corrected chi connectivity index (χ3v) is 5.56. The van der Waals surface area contributed by atoms with Crippen molar-refractivity contribution in [2.75, 3.05) is 5.32 Å². The number of hydrogen-bond donors (Lipinski definition) is 2. The molecule has 2 amide bonds. The molecule has 0 spiro atoms. The molecule has 3 aromatic rings. The summed E-state index contributed by atoms with van der Waals surface area (Å²) in [4.78, 5) is 25.9. The summed E-state index contributed by atoms with van der Waals surface area (Å²) in [6.45, 7) is 7.81. The van der Waals surface area contributed by atoms with E-state index in [4.69, 9.17) is 4.74 Å². The van der Waals surface area contributed by atoms with Crippen LogP contribution in [0.1, 0.15) is 53.4 Å². The summed E-state index contributed by atoms with van der Waals surface area (Å²) < 4.78 is 6.02. The van der Waals surface area contributed by atoms with Crippen LogP contribution in [0.2, 0.25) is 0 Å². The lowest BCUT2D eigenvalue weighted by molar-refractivity contribution is -0.122. The number of ether oxygens (including phenoxy) is 1. The summed E-state index contributed by atoms with van der Waals surface area (Å²) in [6, 6.07) is 22.4. The van der Waals surface area contributed by atoms with Crippen LogP contribution >= 0.6 is 0 Å². The number of para-hydroxylation sites is 1. The van der Waals surface area contributed by atoms with E-state index in [-0.39, 0.29) is 17.9 Å². The zero-order valence-electron chi connectivity index (χ0n) is 19.0. The Morgan fingerprint density at radius 3 is 2.31 bits per heavy atom. The second-order valence-corrected chi connectivity index (χ2v) is 7.85. The van der Waals surface area contributed by atoms with E-state index in [1.165, 1.54) is 0 Å². The van der Waals surface area contributed by atoms with Gasteiger partial charge >= 0.3 is 0 Å². The van der Waals surface area contributed by atoms with Crippen LogP contribution in [0, 0.1) is 13.8 Å². The van der Waals surface area contributed by atoms with Crippen LogP contribution in [-0.4, -0.2) is 17.9 Å². The lowest BCUT2D eigenvalue weighted by Crippen LogP contribution is -2.34. The number of aryl methyl sites for hydroxylation is 1. The van der Waals surface area contributed by atoms with E-state index in [0.717, 1.165) is 16.7 Å². The first-order valence-corrected chi connectivity index (χ1v) is 10.9. The molecule has 5 heteroatoms. The van der Waals surface area contributed by atoms with E-state index in [1.807, 2.05) is 76.2 Å². The van der Waals surface area contributed by atoms with Gasteiger partial charge in [-0.3, -0.25) is 9.59 Å². The van der Waals surface area contributed by atoms with Crippen LogP contribution < -0.4 is 15.4 Å². The fourth-order valence-electron chi connectivity index (χ4n) is 3.43. The van der Waals surface area contributed by atoms with Gasteiger partial charge in [0, 0.05) is 0 Å². The van der Waals surface area contributed by atoms with Gasteiger partial charge in [-0.1, -0.05) is 61.5 Å². The molecule has 0 saturated carbocycles. The molecule has 3 aromatic carbocycles. The van der Waals surface area contributed by atoms with Crippen molar-refractivity contribution < 1.29 is 14.3 Å². The highest BCUT2D eigenvalue weighted by Gasteiger charge is 2.22. The number of nitrogens with one attached hydrogen (secondary N) is 2. The monoisotopic (exact) mass is 430 g/mol. The Morgan fingerprint density at radius 1 is 0.906 bits per heavy atom. The molecule has 0 heterocycles. The summed E-state index contributed by atoms with van der Waals surface area (Å²) in [6.07, 6.45) is -0.173. The van der Waals surface area contributed by atoms with Gasteiger partial charge in [0.15, 0.2) is 6.10 Å². The first-order chi connectivity index (χ1) is 15.4. The van der Waals surface area contributed by atoms with Gasteiger partial charge in [-0.2, -0.15) is 0 Å². The van der Waals surface area contributed by atoms with E-state index >= 15 is 0 Å². The van der Waals surface area contributed by atoms with E-state index in [1.54, 1.807) is 24.3 Å². The maximum absolute atomic E-state index is 13.0. The Balaban J connectivity index is 1.73. The van der Waals surface area contributed by atoms with Crippen LogP contribution in [0.5, 0.6) is 5.75 Å². The van der Waals surface area contributed by atoms with Gasteiger partial charge < -0.3 is 15.4 Å². The molecular formula is C27H30N2O3. The third kappa shape index (κ3) is 5.55. The number of hydrogen-bond acceptors (Lipinski definition) is 3. The summed E-state index contributed by atoms with van der Waals surface area (Å²) in [5.74, 6) is 0.153. The molecule has 0 aliphatic rings. The zero-order valence-corrected chi connectivity index (χ0v) is 19.0. The molecule has 5 nitrogen and oxygen atoms in total. The largest absolute Gasteiger partial charge is 0.480 e. The number of benzene rings is 3. The topological polar surface area (TPSA) is 67.4 Å². The van der Waals surface area contributed by atoms with Gasteiger partial charge in [0.1, 0.15) is 5.75 Å². The lowest BCUT2D eigenvalue weighted by Gasteiger charge is -2.20. The molecule has 0 saturated heterocycles. The second kappa shape index (κ2) is 10.6. The van der Waals surface area contributed by atoms with Crippen molar-refractivity contribution in [3.05, 3.63) is 95.1 Å². The van der Waals surface area contributed by atoms with Crippen molar-refractivity contribution in [3.8, 4) is 5.75 Å². The SMILES string of the molecule is CC[C@H](Oc1cccc(C)c1C)C(=O)Nc1ccccc1C(=O)N[C@H](C)c1ccccc1. The molecular weight excluding hydrogens is 400 g/mol. The van der Waals surface area contributed by atoms with Crippen LogP contribution in [-0.2, 0) is 4.79 Å². The molecule has 32 heavy (non-hydrogen) atoms. The minimum atomic E-state index is -0.671. The molecule has 0 unspecified atom stereocenters. The molecule has 0 aliphatic heterocycles. The molecule has 0 fully saturated rings. The molecule has 2 atom stereocenters. The van der Waals surface area contributed by atoms with Crippen molar-refractivity contribution in [3.63, 3.8) is 0 Å². The highest BCUT2D eigenvalue weighted by molar-refractivity contribution is 6.04. The van der Waals surface area contributed by atoms with Crippen molar-refractivity contribution in [2.45, 2.75) is 46.3 Å². The molecule has 3 rings (SSSR count). The molecule has 0 aromatic heterocycles. The number of anilines is 1. The smallest absolute Gasteiger partial charge is 0.265 e. The second-order valence-electron chi connectivity index (χ2n) is 7.85. The van der Waals surface area contributed by atoms with Crippen LogP contribution in [0.3, 0.4) is 0 Å². The van der Waals surface area contributed by atoms with Gasteiger partial charge in [-0.25, -0.2) is 0 Å². The quantitative estimate of drug-likeness (QED) is 0.489. The fraction of sp³-hybridized carbons (Fsp3) is 0.259. The Kier molecular flexibility index (Phi) is 7.66. The first kappa shape index (κ1) is 23.1. The van der Waals surface area contributed by atoms with Gasteiger partial charge in [-0.05, 0) is 62.1 Å². The summed E-state index contributed by atoms with van der Waals surface area (Å²) in [5, 5.41) is 5.89. The van der Waals surface area contributed by atoms with Crippen LogP contribution in [0.15, 0.2) is 72.8 Å². The molecule has 0 aliphatic carbocycles.